The summed E-state index contributed by atoms with van der Waals surface area (Å²) in [6.45, 7) is 4.96. The van der Waals surface area contributed by atoms with E-state index in [9.17, 15) is 0 Å². The first-order valence-electron chi connectivity index (χ1n) is 9.17. The standard InChI is InChI=1S/C19H27BrN6/c1-21-19(22-9-2-11-26-12-3-10-24-26)23-14-16-8-13-25(15-16)18-6-4-17(20)5-7-18/h3-7,10,12,16H,2,8-9,11,13-15H2,1H3,(H2,21,22,23). The highest BCUT2D eigenvalue weighted by atomic mass is 79.9. The van der Waals surface area contributed by atoms with E-state index in [1.807, 2.05) is 30.2 Å². The van der Waals surface area contributed by atoms with Crippen LogP contribution in [0.5, 0.6) is 0 Å². The molecular weight excluding hydrogens is 392 g/mol. The first-order chi connectivity index (χ1) is 12.7. The third kappa shape index (κ3) is 5.49. The van der Waals surface area contributed by atoms with Crippen LogP contribution < -0.4 is 15.5 Å². The van der Waals surface area contributed by atoms with Gasteiger partial charge in [0.2, 0.25) is 0 Å². The molecular formula is C19H27BrN6. The number of rotatable bonds is 7. The number of aryl methyl sites for hydroxylation is 1. The molecule has 1 unspecified atom stereocenters. The smallest absolute Gasteiger partial charge is 0.190 e. The summed E-state index contributed by atoms with van der Waals surface area (Å²) in [5.41, 5.74) is 1.30. The number of hydrogen-bond donors (Lipinski definition) is 2. The highest BCUT2D eigenvalue weighted by molar-refractivity contribution is 9.10. The van der Waals surface area contributed by atoms with Gasteiger partial charge in [0.25, 0.3) is 0 Å². The normalized spacial score (nSPS) is 17.5. The molecule has 140 valence electrons. The highest BCUT2D eigenvalue weighted by Gasteiger charge is 2.22. The van der Waals surface area contributed by atoms with Gasteiger partial charge in [-0.3, -0.25) is 9.67 Å². The molecule has 1 aromatic heterocycles. The number of nitrogens with zero attached hydrogens (tertiary/aromatic N) is 4. The number of benzene rings is 1. The van der Waals surface area contributed by atoms with Crippen molar-refractivity contribution in [3.05, 3.63) is 47.2 Å². The van der Waals surface area contributed by atoms with Gasteiger partial charge < -0.3 is 15.5 Å². The molecule has 0 amide bonds. The van der Waals surface area contributed by atoms with Gasteiger partial charge in [-0.2, -0.15) is 5.10 Å². The molecule has 7 heteroatoms. The quantitative estimate of drug-likeness (QED) is 0.412. The highest BCUT2D eigenvalue weighted by Crippen LogP contribution is 2.24. The average molecular weight is 419 g/mol. The van der Waals surface area contributed by atoms with Crippen LogP contribution in [-0.4, -0.2) is 49.0 Å². The van der Waals surface area contributed by atoms with Gasteiger partial charge in [0.1, 0.15) is 0 Å². The third-order valence-electron chi connectivity index (χ3n) is 4.68. The molecule has 0 saturated carbocycles. The Balaban J connectivity index is 1.35. The van der Waals surface area contributed by atoms with Gasteiger partial charge in [0, 0.05) is 62.3 Å². The Morgan fingerprint density at radius 3 is 2.88 bits per heavy atom. The molecule has 2 heterocycles. The van der Waals surface area contributed by atoms with E-state index in [0.29, 0.717) is 5.92 Å². The van der Waals surface area contributed by atoms with Gasteiger partial charge in [-0.15, -0.1) is 0 Å². The van der Waals surface area contributed by atoms with Gasteiger partial charge in [-0.1, -0.05) is 15.9 Å². The Morgan fingerprint density at radius 1 is 1.31 bits per heavy atom. The molecule has 0 aliphatic carbocycles. The predicted molar refractivity (Wildman–Crippen MR) is 111 cm³/mol. The van der Waals surface area contributed by atoms with Crippen LogP contribution in [0.25, 0.3) is 0 Å². The summed E-state index contributed by atoms with van der Waals surface area (Å²) >= 11 is 3.50. The van der Waals surface area contributed by atoms with Crippen LogP contribution in [0.4, 0.5) is 5.69 Å². The van der Waals surface area contributed by atoms with Crippen molar-refractivity contribution in [3.63, 3.8) is 0 Å². The minimum atomic E-state index is 0.640. The summed E-state index contributed by atoms with van der Waals surface area (Å²) in [6.07, 6.45) is 6.03. The van der Waals surface area contributed by atoms with Gasteiger partial charge in [-0.05, 0) is 49.1 Å². The summed E-state index contributed by atoms with van der Waals surface area (Å²) in [6, 6.07) is 10.5. The first-order valence-corrected chi connectivity index (χ1v) is 9.96. The maximum Gasteiger partial charge on any atom is 0.190 e. The molecule has 1 aromatic carbocycles. The number of aromatic nitrogens is 2. The second-order valence-corrected chi connectivity index (χ2v) is 7.50. The lowest BCUT2D eigenvalue weighted by atomic mass is 10.1. The lowest BCUT2D eigenvalue weighted by Gasteiger charge is -2.19. The third-order valence-corrected chi connectivity index (χ3v) is 5.20. The number of hydrogen-bond acceptors (Lipinski definition) is 3. The van der Waals surface area contributed by atoms with E-state index in [-0.39, 0.29) is 0 Å². The van der Waals surface area contributed by atoms with Crippen molar-refractivity contribution < 1.29 is 0 Å². The van der Waals surface area contributed by atoms with Crippen LogP contribution in [0.2, 0.25) is 0 Å². The average Bonchev–Trinajstić information content (AvgIpc) is 3.33. The molecule has 0 spiro atoms. The summed E-state index contributed by atoms with van der Waals surface area (Å²) in [5.74, 6) is 1.52. The van der Waals surface area contributed by atoms with Crippen LogP contribution in [0.1, 0.15) is 12.8 Å². The van der Waals surface area contributed by atoms with Crippen molar-refractivity contribution in [1.29, 1.82) is 0 Å². The van der Waals surface area contributed by atoms with E-state index < -0.39 is 0 Å². The van der Waals surface area contributed by atoms with Crippen LogP contribution in [0, 0.1) is 5.92 Å². The number of aliphatic imine (C=N–C) groups is 1. The zero-order chi connectivity index (χ0) is 18.2. The maximum absolute atomic E-state index is 4.32. The first kappa shape index (κ1) is 18.8. The molecule has 1 aliphatic heterocycles. The number of halogens is 1. The largest absolute Gasteiger partial charge is 0.371 e. The Hall–Kier alpha value is -2.02. The Kier molecular flexibility index (Phi) is 6.94. The van der Waals surface area contributed by atoms with Crippen LogP contribution in [0.15, 0.2) is 52.2 Å². The molecule has 0 bridgehead atoms. The van der Waals surface area contributed by atoms with Crippen molar-refractivity contribution >= 4 is 27.6 Å². The minimum Gasteiger partial charge on any atom is -0.371 e. The van der Waals surface area contributed by atoms with Crippen LogP contribution >= 0.6 is 15.9 Å². The summed E-state index contributed by atoms with van der Waals surface area (Å²) in [4.78, 5) is 6.78. The fourth-order valence-electron chi connectivity index (χ4n) is 3.23. The number of anilines is 1. The minimum absolute atomic E-state index is 0.640. The fraction of sp³-hybridized carbons (Fsp3) is 0.474. The van der Waals surface area contributed by atoms with Crippen molar-refractivity contribution in [1.82, 2.24) is 20.4 Å². The molecule has 1 aliphatic rings. The monoisotopic (exact) mass is 418 g/mol. The lowest BCUT2D eigenvalue weighted by molar-refractivity contribution is 0.553. The second kappa shape index (κ2) is 9.62. The molecule has 1 fully saturated rings. The maximum atomic E-state index is 4.32. The summed E-state index contributed by atoms with van der Waals surface area (Å²) in [5, 5.41) is 11.1. The molecule has 1 atom stereocenters. The topological polar surface area (TPSA) is 57.5 Å². The lowest BCUT2D eigenvalue weighted by Crippen LogP contribution is -2.40. The van der Waals surface area contributed by atoms with Gasteiger partial charge >= 0.3 is 0 Å². The molecule has 0 radical (unpaired) electrons. The van der Waals surface area contributed by atoms with E-state index in [2.05, 4.69) is 65.8 Å². The van der Waals surface area contributed by atoms with E-state index in [4.69, 9.17) is 0 Å². The van der Waals surface area contributed by atoms with Crippen molar-refractivity contribution in [2.24, 2.45) is 10.9 Å². The molecule has 3 rings (SSSR count). The van der Waals surface area contributed by atoms with E-state index in [0.717, 1.165) is 49.6 Å². The van der Waals surface area contributed by atoms with Crippen molar-refractivity contribution in [2.45, 2.75) is 19.4 Å². The number of nitrogens with one attached hydrogen (secondary N) is 2. The van der Waals surface area contributed by atoms with Crippen LogP contribution in [0.3, 0.4) is 0 Å². The fourth-order valence-corrected chi connectivity index (χ4v) is 3.49. The van der Waals surface area contributed by atoms with Gasteiger partial charge in [-0.25, -0.2) is 0 Å². The summed E-state index contributed by atoms with van der Waals surface area (Å²) in [7, 11) is 1.83. The van der Waals surface area contributed by atoms with E-state index in [1.165, 1.54) is 12.1 Å². The van der Waals surface area contributed by atoms with E-state index in [1.54, 1.807) is 0 Å². The van der Waals surface area contributed by atoms with Crippen LogP contribution in [-0.2, 0) is 6.54 Å². The second-order valence-electron chi connectivity index (χ2n) is 6.58. The SMILES string of the molecule is CN=C(NCCCn1cccn1)NCC1CCN(c2ccc(Br)cc2)C1. The molecule has 26 heavy (non-hydrogen) atoms. The zero-order valence-electron chi connectivity index (χ0n) is 15.2. The Labute approximate surface area is 163 Å². The Bertz CT molecular complexity index is 683. The Morgan fingerprint density at radius 2 is 2.15 bits per heavy atom. The van der Waals surface area contributed by atoms with Crippen molar-refractivity contribution in [2.75, 3.05) is 38.1 Å². The van der Waals surface area contributed by atoms with E-state index >= 15 is 0 Å². The predicted octanol–water partition coefficient (Wildman–Crippen LogP) is 2.73. The molecule has 1 saturated heterocycles. The zero-order valence-corrected chi connectivity index (χ0v) is 16.8. The van der Waals surface area contributed by atoms with Gasteiger partial charge in [0.05, 0.1) is 0 Å². The molecule has 6 nitrogen and oxygen atoms in total. The molecule has 2 aromatic rings. The number of guanidine groups is 1. The molecule has 2 N–H and O–H groups in total. The summed E-state index contributed by atoms with van der Waals surface area (Å²) < 4.78 is 3.08. The van der Waals surface area contributed by atoms with Crippen molar-refractivity contribution in [3.8, 4) is 0 Å². The van der Waals surface area contributed by atoms with Gasteiger partial charge in [0.15, 0.2) is 5.96 Å².